The molecular formula is C19H30N2O3. The Labute approximate surface area is 145 Å². The lowest BCUT2D eigenvalue weighted by molar-refractivity contribution is -0.138. The van der Waals surface area contributed by atoms with Crippen molar-refractivity contribution in [3.05, 3.63) is 12.5 Å². The lowest BCUT2D eigenvalue weighted by atomic mass is 9.61. The van der Waals surface area contributed by atoms with Crippen LogP contribution in [0, 0.1) is 29.6 Å². The second-order valence-corrected chi connectivity index (χ2v) is 6.95. The molecule has 0 aliphatic heterocycles. The normalized spacial score (nSPS) is 26.5. The molecule has 134 valence electrons. The molecule has 1 saturated carbocycles. The van der Waals surface area contributed by atoms with Crippen LogP contribution >= 0.6 is 0 Å². The molecule has 0 saturated heterocycles. The van der Waals surface area contributed by atoms with E-state index >= 15 is 0 Å². The summed E-state index contributed by atoms with van der Waals surface area (Å²) in [7, 11) is 0. The zero-order chi connectivity index (χ0) is 17.4. The third-order valence-electron chi connectivity index (χ3n) is 5.24. The molecule has 2 aliphatic rings. The number of hydrogen-bond donors (Lipinski definition) is 3. The number of hydrogen-bond acceptors (Lipinski definition) is 4. The Balaban J connectivity index is 1.53. The first-order valence-corrected chi connectivity index (χ1v) is 9.07. The SMILES string of the molecule is C=C(NCCCCC(N)C(=O)O)OCC1CC2CCC#CCCC21. The van der Waals surface area contributed by atoms with Crippen LogP contribution in [-0.2, 0) is 9.53 Å². The van der Waals surface area contributed by atoms with E-state index in [0.717, 1.165) is 50.7 Å². The Morgan fingerprint density at radius 3 is 2.83 bits per heavy atom. The highest BCUT2D eigenvalue weighted by atomic mass is 16.5. The van der Waals surface area contributed by atoms with Gasteiger partial charge < -0.3 is 20.9 Å². The van der Waals surface area contributed by atoms with Gasteiger partial charge in [-0.1, -0.05) is 0 Å². The lowest BCUT2D eigenvalue weighted by Crippen LogP contribution is -2.40. The third kappa shape index (κ3) is 5.76. The van der Waals surface area contributed by atoms with Crippen LogP contribution in [0.5, 0.6) is 0 Å². The van der Waals surface area contributed by atoms with Crippen LogP contribution in [0.25, 0.3) is 0 Å². The molecule has 1 fully saturated rings. The van der Waals surface area contributed by atoms with Gasteiger partial charge in [-0.15, -0.1) is 11.8 Å². The molecular weight excluding hydrogens is 304 g/mol. The van der Waals surface area contributed by atoms with Gasteiger partial charge in [-0.2, -0.15) is 0 Å². The first kappa shape index (κ1) is 18.7. The summed E-state index contributed by atoms with van der Waals surface area (Å²) in [4.78, 5) is 10.6. The number of carboxylic acids is 1. The molecule has 24 heavy (non-hydrogen) atoms. The van der Waals surface area contributed by atoms with Crippen LogP contribution in [0.1, 0.15) is 51.4 Å². The van der Waals surface area contributed by atoms with Gasteiger partial charge in [-0.25, -0.2) is 0 Å². The highest BCUT2D eigenvalue weighted by molar-refractivity contribution is 5.72. The molecule has 0 radical (unpaired) electrons. The fourth-order valence-electron chi connectivity index (χ4n) is 3.69. The van der Waals surface area contributed by atoms with E-state index in [0.29, 0.717) is 18.2 Å². The van der Waals surface area contributed by atoms with Crippen LogP contribution in [0.15, 0.2) is 12.5 Å². The van der Waals surface area contributed by atoms with E-state index in [-0.39, 0.29) is 0 Å². The Bertz CT molecular complexity index is 495. The predicted octanol–water partition coefficient (Wildman–Crippen LogP) is 2.48. The van der Waals surface area contributed by atoms with Gasteiger partial charge in [0.1, 0.15) is 6.04 Å². The summed E-state index contributed by atoms with van der Waals surface area (Å²) in [6.45, 7) is 5.38. The van der Waals surface area contributed by atoms with Crippen molar-refractivity contribution < 1.29 is 14.6 Å². The molecule has 2 rings (SSSR count). The Hall–Kier alpha value is -1.67. The number of rotatable bonds is 10. The number of carboxylic acid groups (broad SMARTS) is 1. The topological polar surface area (TPSA) is 84.6 Å². The van der Waals surface area contributed by atoms with Gasteiger partial charge in [-0.05, 0) is 62.9 Å². The molecule has 0 bridgehead atoms. The number of nitrogens with one attached hydrogen (secondary N) is 1. The third-order valence-corrected chi connectivity index (χ3v) is 5.24. The van der Waals surface area contributed by atoms with Crippen molar-refractivity contribution in [1.82, 2.24) is 5.32 Å². The Kier molecular flexibility index (Phi) is 7.45. The average Bonchev–Trinajstić information content (AvgIpc) is 2.52. The molecule has 5 heteroatoms. The van der Waals surface area contributed by atoms with Crippen LogP contribution in [0.4, 0.5) is 0 Å². The van der Waals surface area contributed by atoms with Gasteiger partial charge in [0.15, 0.2) is 5.88 Å². The number of unbranched alkanes of at least 4 members (excludes halogenated alkanes) is 1. The second kappa shape index (κ2) is 9.58. The smallest absolute Gasteiger partial charge is 0.320 e. The maximum absolute atomic E-state index is 10.6. The summed E-state index contributed by atoms with van der Waals surface area (Å²) in [6, 6.07) is -0.760. The maximum atomic E-state index is 10.6. The Morgan fingerprint density at radius 2 is 2.08 bits per heavy atom. The molecule has 0 aromatic heterocycles. The van der Waals surface area contributed by atoms with E-state index in [4.69, 9.17) is 15.6 Å². The molecule has 0 amide bonds. The van der Waals surface area contributed by atoms with E-state index in [1.165, 1.54) is 19.3 Å². The molecule has 4 atom stereocenters. The van der Waals surface area contributed by atoms with Gasteiger partial charge >= 0.3 is 5.97 Å². The molecule has 0 heterocycles. The molecule has 0 aromatic carbocycles. The number of nitrogens with two attached hydrogens (primary N) is 1. The van der Waals surface area contributed by atoms with Crippen molar-refractivity contribution in [2.24, 2.45) is 23.5 Å². The zero-order valence-electron chi connectivity index (χ0n) is 14.4. The van der Waals surface area contributed by atoms with E-state index in [1.807, 2.05) is 0 Å². The van der Waals surface area contributed by atoms with E-state index in [9.17, 15) is 4.79 Å². The van der Waals surface area contributed by atoms with Crippen molar-refractivity contribution in [3.63, 3.8) is 0 Å². The maximum Gasteiger partial charge on any atom is 0.320 e. The minimum absolute atomic E-state index is 0.498. The van der Waals surface area contributed by atoms with Gasteiger partial charge in [0.05, 0.1) is 6.61 Å². The monoisotopic (exact) mass is 334 g/mol. The van der Waals surface area contributed by atoms with Crippen molar-refractivity contribution in [3.8, 4) is 11.8 Å². The van der Waals surface area contributed by atoms with Gasteiger partial charge in [0, 0.05) is 19.4 Å². The number of fused-ring (bicyclic) bond motifs is 1. The molecule has 4 unspecified atom stereocenters. The van der Waals surface area contributed by atoms with E-state index < -0.39 is 12.0 Å². The van der Waals surface area contributed by atoms with Crippen molar-refractivity contribution in [2.75, 3.05) is 13.2 Å². The quantitative estimate of drug-likeness (QED) is 0.325. The second-order valence-electron chi connectivity index (χ2n) is 6.95. The minimum Gasteiger partial charge on any atom is -0.480 e. The molecule has 4 N–H and O–H groups in total. The van der Waals surface area contributed by atoms with E-state index in [1.54, 1.807) is 0 Å². The standard InChI is InChI=1S/C19H30N2O3/c1-14(21-11-7-6-10-18(20)19(22)23)24-13-16-12-15-8-4-2-3-5-9-17(15)16/h15-18,21H,1,4-13,20H2,(H,22,23). The van der Waals surface area contributed by atoms with Crippen LogP contribution in [0.3, 0.4) is 0 Å². The lowest BCUT2D eigenvalue weighted by Gasteiger charge is -2.45. The number of ether oxygens (including phenoxy) is 1. The summed E-state index contributed by atoms with van der Waals surface area (Å²) >= 11 is 0. The molecule has 5 nitrogen and oxygen atoms in total. The fraction of sp³-hybridized carbons (Fsp3) is 0.737. The summed E-state index contributed by atoms with van der Waals surface area (Å²) in [5, 5.41) is 11.9. The summed E-state index contributed by atoms with van der Waals surface area (Å²) in [5.74, 6) is 8.42. The molecule has 0 spiro atoms. The first-order valence-electron chi connectivity index (χ1n) is 9.07. The van der Waals surface area contributed by atoms with Crippen molar-refractivity contribution >= 4 is 5.97 Å². The minimum atomic E-state index is -0.935. The predicted molar refractivity (Wildman–Crippen MR) is 93.9 cm³/mol. The van der Waals surface area contributed by atoms with Gasteiger partial charge in [0.2, 0.25) is 0 Å². The van der Waals surface area contributed by atoms with Crippen LogP contribution in [0.2, 0.25) is 0 Å². The summed E-state index contributed by atoms with van der Waals surface area (Å²) in [5.41, 5.74) is 5.47. The van der Waals surface area contributed by atoms with Crippen molar-refractivity contribution in [2.45, 2.75) is 57.4 Å². The first-order chi connectivity index (χ1) is 11.6. The Morgan fingerprint density at radius 1 is 1.33 bits per heavy atom. The largest absolute Gasteiger partial charge is 0.480 e. The summed E-state index contributed by atoms with van der Waals surface area (Å²) < 4.78 is 5.77. The average molecular weight is 334 g/mol. The fourth-order valence-corrected chi connectivity index (χ4v) is 3.69. The van der Waals surface area contributed by atoms with Crippen molar-refractivity contribution in [1.29, 1.82) is 0 Å². The molecule has 2 aliphatic carbocycles. The van der Waals surface area contributed by atoms with Crippen LogP contribution in [-0.4, -0.2) is 30.3 Å². The summed E-state index contributed by atoms with van der Waals surface area (Å²) in [6.07, 6.45) is 7.91. The zero-order valence-corrected chi connectivity index (χ0v) is 14.4. The highest BCUT2D eigenvalue weighted by Gasteiger charge is 2.40. The molecule has 0 aromatic rings. The number of carbonyl (C=O) groups is 1. The van der Waals surface area contributed by atoms with Gasteiger partial charge in [-0.3, -0.25) is 4.79 Å². The highest BCUT2D eigenvalue weighted by Crippen LogP contribution is 2.46. The van der Waals surface area contributed by atoms with E-state index in [2.05, 4.69) is 23.7 Å². The van der Waals surface area contributed by atoms with Crippen LogP contribution < -0.4 is 11.1 Å². The van der Waals surface area contributed by atoms with Gasteiger partial charge in [0.25, 0.3) is 0 Å². The number of aliphatic carboxylic acids is 1.